The van der Waals surface area contributed by atoms with E-state index in [2.05, 4.69) is 0 Å². The van der Waals surface area contributed by atoms with Crippen molar-refractivity contribution in [1.82, 2.24) is 0 Å². The summed E-state index contributed by atoms with van der Waals surface area (Å²) < 4.78 is 16.4. The molecule has 2 aromatic rings. The number of halogens is 3. The second-order valence-corrected chi connectivity index (χ2v) is 6.90. The van der Waals surface area contributed by atoms with Crippen LogP contribution in [0.3, 0.4) is 0 Å². The Balaban J connectivity index is 2.08. The second kappa shape index (κ2) is 10.8. The van der Waals surface area contributed by atoms with Crippen LogP contribution in [0.25, 0.3) is 0 Å². The van der Waals surface area contributed by atoms with Crippen molar-refractivity contribution in [2.75, 3.05) is 13.2 Å². The number of carbonyl (C=O) groups excluding carboxylic acids is 1. The van der Waals surface area contributed by atoms with Crippen molar-refractivity contribution >= 4 is 40.8 Å². The highest BCUT2D eigenvalue weighted by Gasteiger charge is 2.20. The smallest absolute Gasteiger partial charge is 0.308 e. The summed E-state index contributed by atoms with van der Waals surface area (Å²) in [6, 6.07) is 10.6. The van der Waals surface area contributed by atoms with E-state index in [1.807, 2.05) is 13.0 Å². The first kappa shape index (κ1) is 21.8. The maximum Gasteiger partial charge on any atom is 0.308 e. The third-order valence-corrected chi connectivity index (χ3v) is 4.80. The first-order valence-corrected chi connectivity index (χ1v) is 9.71. The zero-order valence-electron chi connectivity index (χ0n) is 15.1. The Labute approximate surface area is 174 Å². The Bertz CT molecular complexity index is 780. The van der Waals surface area contributed by atoms with Crippen molar-refractivity contribution in [3.8, 4) is 5.75 Å². The highest BCUT2D eigenvalue weighted by Crippen LogP contribution is 2.32. The van der Waals surface area contributed by atoms with Gasteiger partial charge in [-0.3, -0.25) is 4.79 Å². The number of hydrogen-bond donors (Lipinski definition) is 0. The molecular weight excluding hydrogens is 411 g/mol. The molecule has 146 valence electrons. The molecule has 0 spiro atoms. The number of benzene rings is 2. The molecule has 0 aliphatic heterocycles. The Kier molecular flexibility index (Phi) is 8.71. The molecule has 0 aliphatic rings. The van der Waals surface area contributed by atoms with Gasteiger partial charge in [-0.25, -0.2) is 0 Å². The molecule has 0 aliphatic carbocycles. The maximum atomic E-state index is 11.8. The van der Waals surface area contributed by atoms with Gasteiger partial charge in [-0.05, 0) is 43.7 Å². The highest BCUT2D eigenvalue weighted by atomic mass is 35.5. The molecule has 0 fully saturated rings. The highest BCUT2D eigenvalue weighted by molar-refractivity contribution is 6.42. The summed E-state index contributed by atoms with van der Waals surface area (Å²) >= 11 is 18.3. The lowest BCUT2D eigenvalue weighted by atomic mass is 10.1. The van der Waals surface area contributed by atoms with E-state index in [-0.39, 0.29) is 12.4 Å². The Morgan fingerprint density at radius 1 is 0.963 bits per heavy atom. The van der Waals surface area contributed by atoms with Gasteiger partial charge in [0, 0.05) is 12.2 Å². The SMILES string of the molecule is CCOC(=O)C[C@@H](OCC)c1ccc(OCc2ccc(Cl)c(Cl)c2)cc1Cl. The van der Waals surface area contributed by atoms with Gasteiger partial charge in [-0.15, -0.1) is 0 Å². The van der Waals surface area contributed by atoms with Crippen LogP contribution in [0.15, 0.2) is 36.4 Å². The summed E-state index contributed by atoms with van der Waals surface area (Å²) in [4.78, 5) is 11.8. The minimum absolute atomic E-state index is 0.102. The molecule has 2 rings (SSSR count). The first-order chi connectivity index (χ1) is 12.9. The lowest BCUT2D eigenvalue weighted by Gasteiger charge is -2.18. The quantitative estimate of drug-likeness (QED) is 0.440. The molecule has 4 nitrogen and oxygen atoms in total. The first-order valence-electron chi connectivity index (χ1n) is 8.58. The third kappa shape index (κ3) is 6.58. The summed E-state index contributed by atoms with van der Waals surface area (Å²) in [5, 5.41) is 1.44. The van der Waals surface area contributed by atoms with Crippen LogP contribution in [0, 0.1) is 0 Å². The van der Waals surface area contributed by atoms with Gasteiger partial charge in [0.2, 0.25) is 0 Å². The van der Waals surface area contributed by atoms with Crippen LogP contribution in [-0.2, 0) is 20.9 Å². The summed E-state index contributed by atoms with van der Waals surface area (Å²) in [6.07, 6.45) is -0.365. The molecule has 0 radical (unpaired) electrons. The van der Waals surface area contributed by atoms with Crippen LogP contribution in [0.4, 0.5) is 0 Å². The van der Waals surface area contributed by atoms with E-state index in [9.17, 15) is 4.79 Å². The van der Waals surface area contributed by atoms with Crippen molar-refractivity contribution in [1.29, 1.82) is 0 Å². The molecule has 0 saturated heterocycles. The monoisotopic (exact) mass is 430 g/mol. The summed E-state index contributed by atoms with van der Waals surface area (Å²) in [5.74, 6) is 0.271. The lowest BCUT2D eigenvalue weighted by molar-refractivity contribution is -0.146. The zero-order valence-corrected chi connectivity index (χ0v) is 17.4. The molecule has 0 N–H and O–H groups in total. The fourth-order valence-electron chi connectivity index (χ4n) is 2.49. The topological polar surface area (TPSA) is 44.8 Å². The van der Waals surface area contributed by atoms with Crippen LogP contribution in [0.1, 0.15) is 37.5 Å². The van der Waals surface area contributed by atoms with Crippen LogP contribution >= 0.6 is 34.8 Å². The predicted octanol–water partition coefficient (Wildman–Crippen LogP) is 6.26. The zero-order chi connectivity index (χ0) is 19.8. The molecule has 0 heterocycles. The van der Waals surface area contributed by atoms with Gasteiger partial charge in [0.1, 0.15) is 12.4 Å². The summed E-state index contributed by atoms with van der Waals surface area (Å²) in [7, 11) is 0. The average Bonchev–Trinajstić information content (AvgIpc) is 2.63. The van der Waals surface area contributed by atoms with Crippen molar-refractivity contribution in [2.45, 2.75) is 33.0 Å². The molecule has 0 unspecified atom stereocenters. The molecule has 0 bridgehead atoms. The Hall–Kier alpha value is -1.46. The minimum atomic E-state index is -0.467. The Morgan fingerprint density at radius 3 is 2.37 bits per heavy atom. The molecular formula is C20H21Cl3O4. The van der Waals surface area contributed by atoms with Crippen LogP contribution in [-0.4, -0.2) is 19.2 Å². The van der Waals surface area contributed by atoms with Crippen molar-refractivity contribution in [2.24, 2.45) is 0 Å². The number of rotatable bonds is 9. The standard InChI is InChI=1S/C20H21Cl3O4/c1-3-25-19(11-20(24)26-4-2)15-7-6-14(10-17(15)22)27-12-13-5-8-16(21)18(23)9-13/h5-10,19H,3-4,11-12H2,1-2H3/t19-/m1/s1. The molecule has 0 aromatic heterocycles. The van der Waals surface area contributed by atoms with E-state index < -0.39 is 6.10 Å². The predicted molar refractivity (Wildman–Crippen MR) is 108 cm³/mol. The van der Waals surface area contributed by atoms with Gasteiger partial charge in [0.25, 0.3) is 0 Å². The Morgan fingerprint density at radius 2 is 1.74 bits per heavy atom. The number of esters is 1. The van der Waals surface area contributed by atoms with E-state index >= 15 is 0 Å². The minimum Gasteiger partial charge on any atom is -0.489 e. The van der Waals surface area contributed by atoms with E-state index in [0.29, 0.717) is 46.2 Å². The normalized spacial score (nSPS) is 11.9. The van der Waals surface area contributed by atoms with Gasteiger partial charge < -0.3 is 14.2 Å². The molecule has 1 atom stereocenters. The van der Waals surface area contributed by atoms with E-state index in [1.54, 1.807) is 37.3 Å². The van der Waals surface area contributed by atoms with Gasteiger partial charge >= 0.3 is 5.97 Å². The molecule has 0 saturated carbocycles. The summed E-state index contributed by atoms with van der Waals surface area (Å²) in [5.41, 5.74) is 1.60. The van der Waals surface area contributed by atoms with E-state index in [4.69, 9.17) is 49.0 Å². The van der Waals surface area contributed by atoms with Crippen LogP contribution in [0.5, 0.6) is 5.75 Å². The fraction of sp³-hybridized carbons (Fsp3) is 0.350. The van der Waals surface area contributed by atoms with Crippen molar-refractivity contribution < 1.29 is 19.0 Å². The third-order valence-electron chi connectivity index (χ3n) is 3.73. The molecule has 0 amide bonds. The van der Waals surface area contributed by atoms with Crippen molar-refractivity contribution in [3.05, 3.63) is 62.6 Å². The second-order valence-electron chi connectivity index (χ2n) is 5.67. The van der Waals surface area contributed by atoms with Crippen LogP contribution in [0.2, 0.25) is 15.1 Å². The number of hydrogen-bond acceptors (Lipinski definition) is 4. The summed E-state index contributed by atoms with van der Waals surface area (Å²) in [6.45, 7) is 4.73. The molecule has 27 heavy (non-hydrogen) atoms. The van der Waals surface area contributed by atoms with Gasteiger partial charge in [0.05, 0.1) is 34.2 Å². The lowest BCUT2D eigenvalue weighted by Crippen LogP contribution is -2.13. The number of ether oxygens (including phenoxy) is 3. The maximum absolute atomic E-state index is 11.8. The van der Waals surface area contributed by atoms with E-state index in [0.717, 1.165) is 5.56 Å². The van der Waals surface area contributed by atoms with Crippen LogP contribution < -0.4 is 4.74 Å². The van der Waals surface area contributed by atoms with Gasteiger partial charge in [-0.1, -0.05) is 46.9 Å². The van der Waals surface area contributed by atoms with Crippen molar-refractivity contribution in [3.63, 3.8) is 0 Å². The largest absolute Gasteiger partial charge is 0.489 e. The average molecular weight is 432 g/mol. The molecule has 2 aromatic carbocycles. The fourth-order valence-corrected chi connectivity index (χ4v) is 3.10. The van der Waals surface area contributed by atoms with Gasteiger partial charge in [-0.2, -0.15) is 0 Å². The molecule has 7 heteroatoms. The number of carbonyl (C=O) groups is 1. The van der Waals surface area contributed by atoms with Gasteiger partial charge in [0.15, 0.2) is 0 Å². The van der Waals surface area contributed by atoms with E-state index in [1.165, 1.54) is 0 Å².